The Morgan fingerprint density at radius 2 is 2.19 bits per heavy atom. The van der Waals surface area contributed by atoms with Gasteiger partial charge in [-0.15, -0.1) is 0 Å². The van der Waals surface area contributed by atoms with Crippen LogP contribution < -0.4 is 5.32 Å². The second-order valence-corrected chi connectivity index (χ2v) is 4.63. The molecule has 0 aliphatic carbocycles. The molecule has 1 atom stereocenters. The van der Waals surface area contributed by atoms with Crippen molar-refractivity contribution in [2.45, 2.75) is 18.4 Å². The second kappa shape index (κ2) is 4.25. The van der Waals surface area contributed by atoms with Crippen LogP contribution in [0.15, 0.2) is 0 Å². The van der Waals surface area contributed by atoms with Crippen molar-refractivity contribution in [1.82, 2.24) is 15.1 Å². The van der Waals surface area contributed by atoms with Crippen LogP contribution in [0.3, 0.4) is 0 Å². The van der Waals surface area contributed by atoms with E-state index in [4.69, 9.17) is 0 Å². The second-order valence-electron chi connectivity index (χ2n) is 4.63. The quantitative estimate of drug-likeness (QED) is 0.679. The first-order chi connectivity index (χ1) is 7.48. The lowest BCUT2D eigenvalue weighted by molar-refractivity contribution is -0.134. The van der Waals surface area contributed by atoms with Crippen molar-refractivity contribution in [3.63, 3.8) is 0 Å². The number of amides is 1. The third kappa shape index (κ3) is 2.49. The highest BCUT2D eigenvalue weighted by Gasteiger charge is 2.42. The Labute approximate surface area is 93.6 Å². The number of halogens is 2. The van der Waals surface area contributed by atoms with Gasteiger partial charge in [-0.3, -0.25) is 4.79 Å². The summed E-state index contributed by atoms with van der Waals surface area (Å²) in [6.45, 7) is 1.97. The summed E-state index contributed by atoms with van der Waals surface area (Å²) >= 11 is 0. The molecular weight excluding hydrogens is 216 g/mol. The van der Waals surface area contributed by atoms with E-state index in [9.17, 15) is 13.6 Å². The van der Waals surface area contributed by atoms with E-state index in [0.717, 1.165) is 13.1 Å². The van der Waals surface area contributed by atoms with Gasteiger partial charge < -0.3 is 15.1 Å². The Morgan fingerprint density at radius 1 is 1.44 bits per heavy atom. The maximum atomic E-state index is 13.0. The van der Waals surface area contributed by atoms with Gasteiger partial charge in [0, 0.05) is 32.6 Å². The minimum Gasteiger partial charge on any atom is -0.335 e. The molecule has 1 unspecified atom stereocenters. The summed E-state index contributed by atoms with van der Waals surface area (Å²) in [4.78, 5) is 15.2. The van der Waals surface area contributed by atoms with Gasteiger partial charge in [0.25, 0.3) is 5.92 Å². The smallest absolute Gasteiger partial charge is 0.267 e. The largest absolute Gasteiger partial charge is 0.335 e. The highest BCUT2D eigenvalue weighted by molar-refractivity contribution is 5.82. The predicted octanol–water partition coefficient (Wildman–Crippen LogP) is -0.242. The highest BCUT2D eigenvalue weighted by atomic mass is 19.3. The van der Waals surface area contributed by atoms with Crippen LogP contribution in [0.2, 0.25) is 0 Å². The molecule has 0 radical (unpaired) electrons. The molecule has 4 nitrogen and oxygen atoms in total. The van der Waals surface area contributed by atoms with Crippen LogP contribution in [0.1, 0.15) is 6.42 Å². The van der Waals surface area contributed by atoms with Crippen molar-refractivity contribution in [1.29, 1.82) is 0 Å². The monoisotopic (exact) mass is 233 g/mol. The van der Waals surface area contributed by atoms with E-state index in [-0.39, 0.29) is 24.9 Å². The number of nitrogens with zero attached hydrogens (tertiary/aromatic N) is 2. The van der Waals surface area contributed by atoms with Crippen LogP contribution in [-0.4, -0.2) is 67.4 Å². The van der Waals surface area contributed by atoms with E-state index in [1.807, 2.05) is 11.9 Å². The number of nitrogens with one attached hydrogen (secondary N) is 1. The zero-order valence-corrected chi connectivity index (χ0v) is 9.38. The molecule has 1 N–H and O–H groups in total. The van der Waals surface area contributed by atoms with Crippen molar-refractivity contribution < 1.29 is 13.6 Å². The number of carbonyl (C=O) groups is 1. The molecule has 0 aromatic carbocycles. The van der Waals surface area contributed by atoms with Gasteiger partial charge in [-0.05, 0) is 7.05 Å². The van der Waals surface area contributed by atoms with Crippen molar-refractivity contribution in [2.75, 3.05) is 39.8 Å². The zero-order chi connectivity index (χ0) is 11.8. The van der Waals surface area contributed by atoms with E-state index < -0.39 is 12.5 Å². The minimum atomic E-state index is -2.70. The van der Waals surface area contributed by atoms with Gasteiger partial charge in [0.05, 0.1) is 12.6 Å². The van der Waals surface area contributed by atoms with Crippen LogP contribution in [0.4, 0.5) is 8.78 Å². The minimum absolute atomic E-state index is 0.174. The molecule has 2 aliphatic heterocycles. The Hall–Kier alpha value is -0.750. The Kier molecular flexibility index (Phi) is 3.12. The summed E-state index contributed by atoms with van der Waals surface area (Å²) in [5.41, 5.74) is 0. The number of rotatable bonds is 1. The SMILES string of the molecule is CN1CCNC(C(=O)N2CCC(F)(F)C2)C1. The highest BCUT2D eigenvalue weighted by Crippen LogP contribution is 2.27. The third-order valence-corrected chi connectivity index (χ3v) is 3.16. The molecule has 0 spiro atoms. The topological polar surface area (TPSA) is 35.6 Å². The summed E-state index contributed by atoms with van der Waals surface area (Å²) in [7, 11) is 1.93. The number of likely N-dealkylation sites (tertiary alicyclic amines) is 1. The van der Waals surface area contributed by atoms with E-state index in [2.05, 4.69) is 5.32 Å². The molecule has 2 saturated heterocycles. The van der Waals surface area contributed by atoms with Gasteiger partial charge in [0.15, 0.2) is 0 Å². The molecule has 0 aromatic rings. The van der Waals surface area contributed by atoms with Crippen molar-refractivity contribution in [3.8, 4) is 0 Å². The Morgan fingerprint density at radius 3 is 2.75 bits per heavy atom. The molecular formula is C10H17F2N3O. The molecule has 2 aliphatic rings. The standard InChI is InChI=1S/C10H17F2N3O/c1-14-5-3-13-8(6-14)9(16)15-4-2-10(11,12)7-15/h8,13H,2-7H2,1H3. The number of likely N-dealkylation sites (N-methyl/N-ethyl adjacent to an activating group) is 1. The molecule has 2 fully saturated rings. The summed E-state index contributed by atoms with van der Waals surface area (Å²) in [5.74, 6) is -2.89. The fourth-order valence-electron chi connectivity index (χ4n) is 2.21. The zero-order valence-electron chi connectivity index (χ0n) is 9.38. The fraction of sp³-hybridized carbons (Fsp3) is 0.900. The first-order valence-corrected chi connectivity index (χ1v) is 5.56. The molecule has 92 valence electrons. The molecule has 2 rings (SSSR count). The van der Waals surface area contributed by atoms with E-state index >= 15 is 0 Å². The molecule has 16 heavy (non-hydrogen) atoms. The van der Waals surface area contributed by atoms with Crippen molar-refractivity contribution >= 4 is 5.91 Å². The average Bonchev–Trinajstić information content (AvgIpc) is 2.58. The summed E-state index contributed by atoms with van der Waals surface area (Å²) in [6.07, 6.45) is -0.207. The predicted molar refractivity (Wildman–Crippen MR) is 55.4 cm³/mol. The van der Waals surface area contributed by atoms with Crippen molar-refractivity contribution in [3.05, 3.63) is 0 Å². The van der Waals surface area contributed by atoms with Crippen LogP contribution in [-0.2, 0) is 4.79 Å². The van der Waals surface area contributed by atoms with Gasteiger partial charge in [0.1, 0.15) is 0 Å². The van der Waals surface area contributed by atoms with Crippen LogP contribution >= 0.6 is 0 Å². The van der Waals surface area contributed by atoms with Crippen LogP contribution in [0.25, 0.3) is 0 Å². The average molecular weight is 233 g/mol. The van der Waals surface area contributed by atoms with Gasteiger partial charge in [0.2, 0.25) is 5.91 Å². The van der Waals surface area contributed by atoms with E-state index in [1.54, 1.807) is 0 Å². The number of alkyl halides is 2. The van der Waals surface area contributed by atoms with Gasteiger partial charge in [-0.2, -0.15) is 0 Å². The molecule has 0 aromatic heterocycles. The third-order valence-electron chi connectivity index (χ3n) is 3.16. The maximum Gasteiger partial charge on any atom is 0.267 e. The lowest BCUT2D eigenvalue weighted by Crippen LogP contribution is -2.56. The van der Waals surface area contributed by atoms with Gasteiger partial charge in [-0.25, -0.2) is 8.78 Å². The summed E-state index contributed by atoms with van der Waals surface area (Å²) in [6, 6.07) is -0.326. The van der Waals surface area contributed by atoms with E-state index in [1.165, 1.54) is 4.90 Å². The van der Waals surface area contributed by atoms with Crippen LogP contribution in [0.5, 0.6) is 0 Å². The fourth-order valence-corrected chi connectivity index (χ4v) is 2.21. The Bertz CT molecular complexity index is 281. The summed E-state index contributed by atoms with van der Waals surface area (Å²) < 4.78 is 25.9. The molecule has 0 saturated carbocycles. The first-order valence-electron chi connectivity index (χ1n) is 5.56. The molecule has 2 heterocycles. The van der Waals surface area contributed by atoms with Gasteiger partial charge in [-0.1, -0.05) is 0 Å². The lowest BCUT2D eigenvalue weighted by Gasteiger charge is -2.32. The van der Waals surface area contributed by atoms with E-state index in [0.29, 0.717) is 6.54 Å². The lowest BCUT2D eigenvalue weighted by atomic mass is 10.2. The van der Waals surface area contributed by atoms with Crippen molar-refractivity contribution in [2.24, 2.45) is 0 Å². The number of hydrogen-bond acceptors (Lipinski definition) is 3. The molecule has 6 heteroatoms. The normalized spacial score (nSPS) is 30.7. The molecule has 1 amide bonds. The number of piperazine rings is 1. The Balaban J connectivity index is 1.92. The maximum absolute atomic E-state index is 13.0. The van der Waals surface area contributed by atoms with Crippen LogP contribution in [0, 0.1) is 0 Å². The number of hydrogen-bond donors (Lipinski definition) is 1. The molecule has 0 bridgehead atoms. The number of carbonyl (C=O) groups excluding carboxylic acids is 1. The first kappa shape index (κ1) is 11.7. The van der Waals surface area contributed by atoms with Gasteiger partial charge >= 0.3 is 0 Å². The summed E-state index contributed by atoms with van der Waals surface area (Å²) in [5, 5.41) is 3.08.